The van der Waals surface area contributed by atoms with Crippen molar-refractivity contribution < 1.29 is 13.9 Å². The van der Waals surface area contributed by atoms with Crippen molar-refractivity contribution in [2.75, 3.05) is 27.7 Å². The van der Waals surface area contributed by atoms with Crippen LogP contribution in [0.2, 0.25) is 0 Å². The lowest BCUT2D eigenvalue weighted by Crippen LogP contribution is -2.38. The fourth-order valence-corrected chi connectivity index (χ4v) is 4.76. The summed E-state index contributed by atoms with van der Waals surface area (Å²) in [6.07, 6.45) is 1.39. The molecule has 34 heavy (non-hydrogen) atoms. The lowest BCUT2D eigenvalue weighted by atomic mass is 10.0. The van der Waals surface area contributed by atoms with Crippen molar-refractivity contribution in [2.45, 2.75) is 12.6 Å². The van der Waals surface area contributed by atoms with Crippen LogP contribution in [0.3, 0.4) is 0 Å². The van der Waals surface area contributed by atoms with Gasteiger partial charge in [0.1, 0.15) is 22.9 Å². The van der Waals surface area contributed by atoms with Crippen LogP contribution < -0.4 is 15.6 Å². The van der Waals surface area contributed by atoms with E-state index in [1.165, 1.54) is 34.4 Å². The van der Waals surface area contributed by atoms with E-state index in [0.29, 0.717) is 22.3 Å². The molecule has 0 spiro atoms. The van der Waals surface area contributed by atoms with Crippen LogP contribution in [0.4, 0.5) is 4.39 Å². The van der Waals surface area contributed by atoms with E-state index in [9.17, 15) is 14.0 Å². The molecular formula is C25H25FN4O3S. The highest BCUT2D eigenvalue weighted by Crippen LogP contribution is 2.31. The largest absolute Gasteiger partial charge is 0.496 e. The van der Waals surface area contributed by atoms with Crippen LogP contribution in [0.1, 0.15) is 11.6 Å². The van der Waals surface area contributed by atoms with Crippen molar-refractivity contribution in [3.63, 3.8) is 0 Å². The molecule has 1 atom stereocenters. The molecule has 7 nitrogen and oxygen atoms in total. The van der Waals surface area contributed by atoms with Crippen LogP contribution in [-0.4, -0.2) is 48.1 Å². The minimum Gasteiger partial charge on any atom is -0.496 e. The van der Waals surface area contributed by atoms with Crippen LogP contribution in [-0.2, 0) is 11.3 Å². The number of benzene rings is 2. The van der Waals surface area contributed by atoms with E-state index in [1.54, 1.807) is 19.2 Å². The average molecular weight is 481 g/mol. The Morgan fingerprint density at radius 2 is 1.94 bits per heavy atom. The number of nitrogens with zero attached hydrogens (tertiary/aromatic N) is 3. The van der Waals surface area contributed by atoms with E-state index < -0.39 is 0 Å². The van der Waals surface area contributed by atoms with E-state index in [2.05, 4.69) is 10.3 Å². The first kappa shape index (κ1) is 23.6. The number of hydrogen-bond acceptors (Lipinski definition) is 6. The van der Waals surface area contributed by atoms with Crippen molar-refractivity contribution in [2.24, 2.45) is 0 Å². The van der Waals surface area contributed by atoms with Gasteiger partial charge in [-0.2, -0.15) is 0 Å². The standard InChI is InChI=1S/C25H25FN4O3S/c1-29(2)20(18-6-4-5-7-21(18)33-3)12-27-22(31)13-30-15-28-24-23(25(30)32)19(14-34-24)16-8-10-17(26)11-9-16/h4-11,14-15,20H,12-13H2,1-3H3,(H,27,31)/t20-/m0/s1. The molecule has 0 bridgehead atoms. The Bertz CT molecular complexity index is 1360. The van der Waals surface area contributed by atoms with Gasteiger partial charge in [0.05, 0.1) is 24.9 Å². The number of carbonyl (C=O) groups excluding carboxylic acids is 1. The maximum atomic E-state index is 13.3. The van der Waals surface area contributed by atoms with Gasteiger partial charge in [-0.05, 0) is 37.9 Å². The Morgan fingerprint density at radius 3 is 2.65 bits per heavy atom. The number of fused-ring (bicyclic) bond motifs is 1. The highest BCUT2D eigenvalue weighted by atomic mass is 32.1. The number of methoxy groups -OCH3 is 1. The van der Waals surface area contributed by atoms with E-state index in [-0.39, 0.29) is 29.9 Å². The van der Waals surface area contributed by atoms with Crippen molar-refractivity contribution in [3.05, 3.63) is 82.0 Å². The van der Waals surface area contributed by atoms with Gasteiger partial charge in [0, 0.05) is 23.1 Å². The molecule has 0 unspecified atom stereocenters. The molecule has 0 aliphatic rings. The quantitative estimate of drug-likeness (QED) is 0.416. The highest BCUT2D eigenvalue weighted by Gasteiger charge is 2.20. The summed E-state index contributed by atoms with van der Waals surface area (Å²) in [5.74, 6) is 0.0929. The minimum absolute atomic E-state index is 0.112. The van der Waals surface area contributed by atoms with Crippen LogP contribution in [0.5, 0.6) is 5.75 Å². The summed E-state index contributed by atoms with van der Waals surface area (Å²) in [4.78, 5) is 32.9. The molecule has 176 valence electrons. The lowest BCUT2D eigenvalue weighted by molar-refractivity contribution is -0.121. The number of ether oxygens (including phenoxy) is 1. The molecule has 2 heterocycles. The SMILES string of the molecule is COc1ccccc1[C@H](CNC(=O)Cn1cnc2scc(-c3ccc(F)cc3)c2c1=O)N(C)C. The van der Waals surface area contributed by atoms with Gasteiger partial charge in [-0.3, -0.25) is 14.2 Å². The first-order valence-electron chi connectivity index (χ1n) is 10.7. The minimum atomic E-state index is -0.348. The molecular weight excluding hydrogens is 455 g/mol. The predicted octanol–water partition coefficient (Wildman–Crippen LogP) is 3.69. The van der Waals surface area contributed by atoms with Gasteiger partial charge in [-0.15, -0.1) is 11.3 Å². The number of rotatable bonds is 8. The molecule has 2 aromatic carbocycles. The fraction of sp³-hybridized carbons (Fsp3) is 0.240. The smallest absolute Gasteiger partial charge is 0.263 e. The molecule has 1 N–H and O–H groups in total. The number of amides is 1. The Kier molecular flexibility index (Phi) is 7.04. The first-order chi connectivity index (χ1) is 16.4. The Morgan fingerprint density at radius 1 is 1.21 bits per heavy atom. The third-order valence-corrected chi connectivity index (χ3v) is 6.53. The summed E-state index contributed by atoms with van der Waals surface area (Å²) in [5, 5.41) is 5.17. The summed E-state index contributed by atoms with van der Waals surface area (Å²) in [6, 6.07) is 13.5. The molecule has 2 aromatic heterocycles. The summed E-state index contributed by atoms with van der Waals surface area (Å²) in [7, 11) is 5.47. The lowest BCUT2D eigenvalue weighted by Gasteiger charge is -2.26. The van der Waals surface area contributed by atoms with Crippen LogP contribution >= 0.6 is 11.3 Å². The Balaban J connectivity index is 1.54. The fourth-order valence-electron chi connectivity index (χ4n) is 3.86. The Labute approximate surface area is 200 Å². The number of likely N-dealkylation sites (N-methyl/N-ethyl adjacent to an activating group) is 1. The normalized spacial score (nSPS) is 12.1. The van der Waals surface area contributed by atoms with Crippen molar-refractivity contribution in [1.82, 2.24) is 19.8 Å². The van der Waals surface area contributed by atoms with Crippen molar-refractivity contribution in [3.8, 4) is 16.9 Å². The molecule has 4 rings (SSSR count). The molecule has 0 aliphatic carbocycles. The topological polar surface area (TPSA) is 76.5 Å². The average Bonchev–Trinajstić information content (AvgIpc) is 3.26. The number of thiophene rings is 1. The van der Waals surface area contributed by atoms with Crippen LogP contribution in [0.25, 0.3) is 21.3 Å². The van der Waals surface area contributed by atoms with E-state index in [1.807, 2.05) is 48.6 Å². The molecule has 0 radical (unpaired) electrons. The summed E-state index contributed by atoms with van der Waals surface area (Å²) in [6.45, 7) is 0.183. The molecule has 0 fully saturated rings. The van der Waals surface area contributed by atoms with Gasteiger partial charge in [0.15, 0.2) is 0 Å². The highest BCUT2D eigenvalue weighted by molar-refractivity contribution is 7.17. The molecule has 0 aliphatic heterocycles. The van der Waals surface area contributed by atoms with Crippen LogP contribution in [0, 0.1) is 5.82 Å². The van der Waals surface area contributed by atoms with Crippen LogP contribution in [0.15, 0.2) is 65.0 Å². The van der Waals surface area contributed by atoms with Gasteiger partial charge < -0.3 is 15.0 Å². The maximum absolute atomic E-state index is 13.3. The van der Waals surface area contributed by atoms with Crippen molar-refractivity contribution >= 4 is 27.5 Å². The second kappa shape index (κ2) is 10.1. The van der Waals surface area contributed by atoms with E-state index in [0.717, 1.165) is 16.9 Å². The van der Waals surface area contributed by atoms with E-state index in [4.69, 9.17) is 4.74 Å². The number of para-hydroxylation sites is 1. The molecule has 4 aromatic rings. The zero-order valence-corrected chi connectivity index (χ0v) is 19.9. The molecule has 0 saturated carbocycles. The van der Waals surface area contributed by atoms with Gasteiger partial charge in [-0.1, -0.05) is 30.3 Å². The second-order valence-corrected chi connectivity index (χ2v) is 8.90. The van der Waals surface area contributed by atoms with Gasteiger partial charge in [0.25, 0.3) is 5.56 Å². The second-order valence-electron chi connectivity index (χ2n) is 8.04. The third kappa shape index (κ3) is 4.85. The first-order valence-corrected chi connectivity index (χ1v) is 11.6. The third-order valence-electron chi connectivity index (χ3n) is 5.64. The number of halogens is 1. The zero-order chi connectivity index (χ0) is 24.2. The number of carbonyl (C=O) groups is 1. The van der Waals surface area contributed by atoms with Gasteiger partial charge in [0.2, 0.25) is 5.91 Å². The summed E-state index contributed by atoms with van der Waals surface area (Å²) in [5.41, 5.74) is 2.04. The summed E-state index contributed by atoms with van der Waals surface area (Å²) < 4.78 is 20.1. The van der Waals surface area contributed by atoms with Crippen molar-refractivity contribution in [1.29, 1.82) is 0 Å². The number of aromatic nitrogens is 2. The molecule has 1 amide bonds. The number of nitrogens with one attached hydrogen (secondary N) is 1. The molecule has 0 saturated heterocycles. The predicted molar refractivity (Wildman–Crippen MR) is 132 cm³/mol. The monoisotopic (exact) mass is 480 g/mol. The van der Waals surface area contributed by atoms with Gasteiger partial charge >= 0.3 is 0 Å². The summed E-state index contributed by atoms with van der Waals surface area (Å²) >= 11 is 1.34. The Hall–Kier alpha value is -3.56. The number of hydrogen-bond donors (Lipinski definition) is 1. The zero-order valence-electron chi connectivity index (χ0n) is 19.1. The maximum Gasteiger partial charge on any atom is 0.263 e. The van der Waals surface area contributed by atoms with Gasteiger partial charge in [-0.25, -0.2) is 9.37 Å². The molecule has 9 heteroatoms. The van der Waals surface area contributed by atoms with E-state index >= 15 is 0 Å².